The highest BCUT2D eigenvalue weighted by Crippen LogP contribution is 2.19. The Morgan fingerprint density at radius 1 is 1.31 bits per heavy atom. The summed E-state index contributed by atoms with van der Waals surface area (Å²) in [5, 5.41) is 0. The van der Waals surface area contributed by atoms with Gasteiger partial charge in [0, 0.05) is 6.42 Å². The van der Waals surface area contributed by atoms with Crippen LogP contribution in [0, 0.1) is 6.92 Å². The molecular formula is C12H16O. The molecule has 1 nitrogen and oxygen atoms in total. The Hall–Kier alpha value is -1.11. The minimum Gasteiger partial charge on any atom is -0.303 e. The second-order valence-corrected chi connectivity index (χ2v) is 3.56. The van der Waals surface area contributed by atoms with E-state index in [9.17, 15) is 4.79 Å². The van der Waals surface area contributed by atoms with E-state index in [0.717, 1.165) is 12.7 Å². The second-order valence-electron chi connectivity index (χ2n) is 3.56. The molecule has 0 spiro atoms. The van der Waals surface area contributed by atoms with Crippen molar-refractivity contribution in [2.24, 2.45) is 0 Å². The van der Waals surface area contributed by atoms with Gasteiger partial charge < -0.3 is 4.79 Å². The molecule has 0 aliphatic heterocycles. The SMILES string of the molecule is Cc1ccc([C@H](C)CCC=O)cc1. The quantitative estimate of drug-likeness (QED) is 0.644. The summed E-state index contributed by atoms with van der Waals surface area (Å²) in [6, 6.07) is 8.52. The van der Waals surface area contributed by atoms with Gasteiger partial charge in [-0.15, -0.1) is 0 Å². The lowest BCUT2D eigenvalue weighted by molar-refractivity contribution is -0.108. The van der Waals surface area contributed by atoms with E-state index in [1.165, 1.54) is 11.1 Å². The van der Waals surface area contributed by atoms with E-state index < -0.39 is 0 Å². The molecule has 0 aromatic heterocycles. The van der Waals surface area contributed by atoms with Crippen molar-refractivity contribution in [1.29, 1.82) is 0 Å². The Morgan fingerprint density at radius 2 is 1.92 bits per heavy atom. The van der Waals surface area contributed by atoms with Gasteiger partial charge in [-0.1, -0.05) is 36.8 Å². The Balaban J connectivity index is 2.60. The molecule has 13 heavy (non-hydrogen) atoms. The Kier molecular flexibility index (Phi) is 3.69. The maximum absolute atomic E-state index is 10.2. The van der Waals surface area contributed by atoms with E-state index in [4.69, 9.17) is 0 Å². The molecule has 0 radical (unpaired) electrons. The zero-order valence-electron chi connectivity index (χ0n) is 8.29. The molecule has 0 N–H and O–H groups in total. The second kappa shape index (κ2) is 4.80. The standard InChI is InChI=1S/C12H16O/c1-10-5-7-12(8-6-10)11(2)4-3-9-13/h5-9,11H,3-4H2,1-2H3/t11-/m1/s1. The number of rotatable bonds is 4. The van der Waals surface area contributed by atoms with Crippen molar-refractivity contribution in [2.45, 2.75) is 32.6 Å². The molecule has 0 bridgehead atoms. The predicted octanol–water partition coefficient (Wildman–Crippen LogP) is 3.08. The molecule has 0 aliphatic rings. The summed E-state index contributed by atoms with van der Waals surface area (Å²) < 4.78 is 0. The number of carbonyl (C=O) groups excluding carboxylic acids is 1. The van der Waals surface area contributed by atoms with Crippen LogP contribution in [0.15, 0.2) is 24.3 Å². The van der Waals surface area contributed by atoms with Crippen LogP contribution in [0.3, 0.4) is 0 Å². The summed E-state index contributed by atoms with van der Waals surface area (Å²) >= 11 is 0. The lowest BCUT2D eigenvalue weighted by Crippen LogP contribution is -1.93. The zero-order valence-corrected chi connectivity index (χ0v) is 8.29. The normalized spacial score (nSPS) is 12.5. The fourth-order valence-corrected chi connectivity index (χ4v) is 1.38. The molecule has 0 unspecified atom stereocenters. The smallest absolute Gasteiger partial charge is 0.120 e. The van der Waals surface area contributed by atoms with Crippen molar-refractivity contribution < 1.29 is 4.79 Å². The van der Waals surface area contributed by atoms with E-state index in [1.54, 1.807) is 0 Å². The number of aryl methyl sites for hydroxylation is 1. The molecule has 1 aromatic rings. The molecule has 0 heterocycles. The van der Waals surface area contributed by atoms with Gasteiger partial charge in [-0.3, -0.25) is 0 Å². The summed E-state index contributed by atoms with van der Waals surface area (Å²) in [6.45, 7) is 4.24. The van der Waals surface area contributed by atoms with Gasteiger partial charge >= 0.3 is 0 Å². The third-order valence-corrected chi connectivity index (χ3v) is 2.36. The number of aldehydes is 1. The summed E-state index contributed by atoms with van der Waals surface area (Å²) in [5.74, 6) is 0.491. The largest absolute Gasteiger partial charge is 0.303 e. The van der Waals surface area contributed by atoms with Crippen LogP contribution in [0.1, 0.15) is 36.8 Å². The van der Waals surface area contributed by atoms with Crippen LogP contribution in [-0.4, -0.2) is 6.29 Å². The van der Waals surface area contributed by atoms with Crippen LogP contribution in [0.5, 0.6) is 0 Å². The van der Waals surface area contributed by atoms with E-state index >= 15 is 0 Å². The van der Waals surface area contributed by atoms with Crippen LogP contribution in [-0.2, 0) is 4.79 Å². The molecule has 1 atom stereocenters. The average Bonchev–Trinajstić information content (AvgIpc) is 2.15. The van der Waals surface area contributed by atoms with Crippen molar-refractivity contribution in [2.75, 3.05) is 0 Å². The lowest BCUT2D eigenvalue weighted by atomic mass is 9.96. The lowest BCUT2D eigenvalue weighted by Gasteiger charge is -2.09. The first-order chi connectivity index (χ1) is 6.24. The van der Waals surface area contributed by atoms with Gasteiger partial charge in [-0.05, 0) is 24.8 Å². The topological polar surface area (TPSA) is 17.1 Å². The van der Waals surface area contributed by atoms with Crippen LogP contribution in [0.25, 0.3) is 0 Å². The zero-order chi connectivity index (χ0) is 9.68. The molecule has 1 rings (SSSR count). The summed E-state index contributed by atoms with van der Waals surface area (Å²) in [6.07, 6.45) is 2.60. The van der Waals surface area contributed by atoms with E-state index in [0.29, 0.717) is 12.3 Å². The third kappa shape index (κ3) is 3.02. The summed E-state index contributed by atoms with van der Waals surface area (Å²) in [7, 11) is 0. The average molecular weight is 176 g/mol. The first kappa shape index (κ1) is 9.97. The molecule has 0 aliphatic carbocycles. The molecule has 0 amide bonds. The van der Waals surface area contributed by atoms with E-state index in [-0.39, 0.29) is 0 Å². The maximum Gasteiger partial charge on any atom is 0.120 e. The number of carbonyl (C=O) groups is 1. The maximum atomic E-state index is 10.2. The highest BCUT2D eigenvalue weighted by Gasteiger charge is 2.03. The van der Waals surface area contributed by atoms with E-state index in [2.05, 4.69) is 38.1 Å². The minimum absolute atomic E-state index is 0.491. The van der Waals surface area contributed by atoms with Crippen molar-refractivity contribution in [3.05, 3.63) is 35.4 Å². The highest BCUT2D eigenvalue weighted by molar-refractivity contribution is 5.49. The Bertz CT molecular complexity index is 261. The molecule has 0 saturated carbocycles. The van der Waals surface area contributed by atoms with Crippen molar-refractivity contribution in [1.82, 2.24) is 0 Å². The fraction of sp³-hybridized carbons (Fsp3) is 0.417. The monoisotopic (exact) mass is 176 g/mol. The van der Waals surface area contributed by atoms with Gasteiger partial charge in [0.25, 0.3) is 0 Å². The van der Waals surface area contributed by atoms with Crippen molar-refractivity contribution in [3.8, 4) is 0 Å². The first-order valence-corrected chi connectivity index (χ1v) is 4.74. The van der Waals surface area contributed by atoms with Crippen molar-refractivity contribution >= 4 is 6.29 Å². The fourth-order valence-electron chi connectivity index (χ4n) is 1.38. The molecule has 1 aromatic carbocycles. The number of hydrogen-bond acceptors (Lipinski definition) is 1. The number of hydrogen-bond donors (Lipinski definition) is 0. The molecule has 70 valence electrons. The molecule has 0 saturated heterocycles. The Morgan fingerprint density at radius 3 is 2.46 bits per heavy atom. The first-order valence-electron chi connectivity index (χ1n) is 4.74. The summed E-state index contributed by atoms with van der Waals surface area (Å²) in [5.41, 5.74) is 2.61. The minimum atomic E-state index is 0.491. The predicted molar refractivity (Wildman–Crippen MR) is 54.9 cm³/mol. The molecule has 1 heteroatoms. The van der Waals surface area contributed by atoms with Gasteiger partial charge in [-0.25, -0.2) is 0 Å². The van der Waals surface area contributed by atoms with Crippen LogP contribution < -0.4 is 0 Å². The van der Waals surface area contributed by atoms with Crippen LogP contribution in [0.4, 0.5) is 0 Å². The van der Waals surface area contributed by atoms with Gasteiger partial charge in [0.1, 0.15) is 6.29 Å². The molecule has 0 fully saturated rings. The van der Waals surface area contributed by atoms with Gasteiger partial charge in [0.15, 0.2) is 0 Å². The highest BCUT2D eigenvalue weighted by atomic mass is 16.1. The molecular weight excluding hydrogens is 160 g/mol. The third-order valence-electron chi connectivity index (χ3n) is 2.36. The van der Waals surface area contributed by atoms with Crippen LogP contribution >= 0.6 is 0 Å². The summed E-state index contributed by atoms with van der Waals surface area (Å²) in [4.78, 5) is 10.2. The van der Waals surface area contributed by atoms with Gasteiger partial charge in [0.2, 0.25) is 0 Å². The van der Waals surface area contributed by atoms with Crippen molar-refractivity contribution in [3.63, 3.8) is 0 Å². The number of benzene rings is 1. The van der Waals surface area contributed by atoms with Gasteiger partial charge in [-0.2, -0.15) is 0 Å². The Labute approximate surface area is 79.8 Å². The van der Waals surface area contributed by atoms with Gasteiger partial charge in [0.05, 0.1) is 0 Å². The van der Waals surface area contributed by atoms with Crippen LogP contribution in [0.2, 0.25) is 0 Å². The van der Waals surface area contributed by atoms with E-state index in [1.807, 2.05) is 0 Å².